The van der Waals surface area contributed by atoms with E-state index in [9.17, 15) is 17.8 Å². The van der Waals surface area contributed by atoms with E-state index >= 15 is 0 Å². The molecule has 0 spiro atoms. The Hall–Kier alpha value is -0.700. The Labute approximate surface area is 157 Å². The molecule has 1 fully saturated rings. The molecule has 4 atom stereocenters. The molecule has 0 bridgehead atoms. The second kappa shape index (κ2) is 11.9. The van der Waals surface area contributed by atoms with Crippen LogP contribution >= 0.6 is 0 Å². The van der Waals surface area contributed by atoms with Gasteiger partial charge in [0.25, 0.3) is 10.1 Å². The third-order valence-corrected chi connectivity index (χ3v) is 6.33. The van der Waals surface area contributed by atoms with Gasteiger partial charge in [0.15, 0.2) is 0 Å². The van der Waals surface area contributed by atoms with Crippen molar-refractivity contribution in [2.75, 3.05) is 0 Å². The van der Waals surface area contributed by atoms with Gasteiger partial charge in [0.05, 0.1) is 12.0 Å². The van der Waals surface area contributed by atoms with Crippen LogP contribution in [0.25, 0.3) is 0 Å². The fraction of sp³-hybridized carbons (Fsp3) is 0.944. The first-order valence-corrected chi connectivity index (χ1v) is 11.3. The molecular formula is C18H34O7S. The molecule has 1 rings (SSSR count). The fourth-order valence-corrected chi connectivity index (χ4v) is 4.49. The number of hydrogen-bond acceptors (Lipinski definition) is 6. The summed E-state index contributed by atoms with van der Waals surface area (Å²) in [6.07, 6.45) is 8.05. The molecule has 8 heteroatoms. The Morgan fingerprint density at radius 2 is 1.50 bits per heavy atom. The number of rotatable bonds is 15. The Kier molecular flexibility index (Phi) is 10.7. The third-order valence-electron chi connectivity index (χ3n) is 5.06. The lowest BCUT2D eigenvalue weighted by molar-refractivity contribution is -0.239. The van der Waals surface area contributed by atoms with Crippen LogP contribution in [-0.4, -0.2) is 41.7 Å². The molecule has 0 aromatic heterocycles. The molecule has 154 valence electrons. The highest BCUT2D eigenvalue weighted by atomic mass is 32.2. The number of carbonyl (C=O) groups is 1. The van der Waals surface area contributed by atoms with E-state index in [1.807, 2.05) is 0 Å². The van der Waals surface area contributed by atoms with Gasteiger partial charge in [-0.05, 0) is 12.8 Å². The van der Waals surface area contributed by atoms with Gasteiger partial charge in [-0.25, -0.2) is 4.79 Å². The van der Waals surface area contributed by atoms with Crippen molar-refractivity contribution in [3.05, 3.63) is 0 Å². The molecule has 1 aliphatic heterocycles. The summed E-state index contributed by atoms with van der Waals surface area (Å²) in [4.78, 5) is 15.7. The molecule has 4 unspecified atom stereocenters. The van der Waals surface area contributed by atoms with Gasteiger partial charge in [-0.3, -0.25) is 4.55 Å². The Bertz CT molecular complexity index is 506. The maximum Gasteiger partial charge on any atom is 0.347 e. The molecule has 2 N–H and O–H groups in total. The molecule has 0 radical (unpaired) electrons. The average molecular weight is 395 g/mol. The normalized spacial score (nSPS) is 22.0. The number of hydrogen-bond donors (Lipinski definition) is 2. The topological polar surface area (TPSA) is 113 Å². The van der Waals surface area contributed by atoms with Crippen LogP contribution in [0, 0.1) is 5.92 Å². The van der Waals surface area contributed by atoms with Gasteiger partial charge in [-0.1, -0.05) is 71.6 Å². The second-order valence-corrected chi connectivity index (χ2v) is 8.82. The van der Waals surface area contributed by atoms with E-state index in [1.165, 1.54) is 0 Å². The van der Waals surface area contributed by atoms with Gasteiger partial charge >= 0.3 is 5.97 Å². The highest BCUT2D eigenvalue weighted by Crippen LogP contribution is 2.39. The van der Waals surface area contributed by atoms with Gasteiger partial charge in [-0.15, -0.1) is 0 Å². The van der Waals surface area contributed by atoms with Crippen molar-refractivity contribution in [2.24, 2.45) is 5.92 Å². The summed E-state index contributed by atoms with van der Waals surface area (Å²) in [7, 11) is -4.26. The summed E-state index contributed by atoms with van der Waals surface area (Å²) in [5, 5.41) is 7.69. The quantitative estimate of drug-likeness (QED) is 0.142. The molecule has 26 heavy (non-hydrogen) atoms. The van der Waals surface area contributed by atoms with Gasteiger partial charge in [0, 0.05) is 0 Å². The highest BCUT2D eigenvalue weighted by Gasteiger charge is 2.55. The lowest BCUT2D eigenvalue weighted by atomic mass is 9.94. The summed E-state index contributed by atoms with van der Waals surface area (Å²) in [6, 6.07) is 0. The predicted molar refractivity (Wildman–Crippen MR) is 98.3 cm³/mol. The summed E-state index contributed by atoms with van der Waals surface area (Å²) in [5.41, 5.74) is 0. The third kappa shape index (κ3) is 7.90. The number of ether oxygens (including phenoxy) is 1. The number of epoxide rings is 1. The molecule has 0 aromatic carbocycles. The lowest BCUT2D eigenvalue weighted by Gasteiger charge is -2.14. The zero-order valence-electron chi connectivity index (χ0n) is 15.9. The molecule has 1 aliphatic rings. The molecule has 0 amide bonds. The zero-order valence-corrected chi connectivity index (χ0v) is 16.7. The summed E-state index contributed by atoms with van der Waals surface area (Å²) in [5.74, 6) is -1.50. The van der Waals surface area contributed by atoms with Crippen LogP contribution in [-0.2, 0) is 24.5 Å². The lowest BCUT2D eigenvalue weighted by Crippen LogP contribution is -2.31. The SMILES string of the molecule is CCCCCCCC(C1OC1C(CCCCCC)C(=O)OO)S(=O)(=O)O. The van der Waals surface area contributed by atoms with Crippen LogP contribution < -0.4 is 0 Å². The molecule has 0 saturated carbocycles. The summed E-state index contributed by atoms with van der Waals surface area (Å²) in [6.45, 7) is 4.18. The van der Waals surface area contributed by atoms with Crippen LogP contribution in [0.5, 0.6) is 0 Å². The Balaban J connectivity index is 2.61. The van der Waals surface area contributed by atoms with Crippen LogP contribution in [0.2, 0.25) is 0 Å². The molecular weight excluding hydrogens is 360 g/mol. The van der Waals surface area contributed by atoms with E-state index < -0.39 is 39.5 Å². The maximum absolute atomic E-state index is 11.8. The Morgan fingerprint density at radius 3 is 2.04 bits per heavy atom. The van der Waals surface area contributed by atoms with E-state index in [-0.39, 0.29) is 0 Å². The minimum absolute atomic E-state index is 0.306. The second-order valence-electron chi connectivity index (χ2n) is 7.19. The summed E-state index contributed by atoms with van der Waals surface area (Å²) >= 11 is 0. The van der Waals surface area contributed by atoms with E-state index in [4.69, 9.17) is 9.99 Å². The molecule has 7 nitrogen and oxygen atoms in total. The van der Waals surface area contributed by atoms with E-state index in [2.05, 4.69) is 18.7 Å². The van der Waals surface area contributed by atoms with Crippen molar-refractivity contribution in [3.63, 3.8) is 0 Å². The largest absolute Gasteiger partial charge is 0.367 e. The molecule has 0 aliphatic carbocycles. The first kappa shape index (κ1) is 23.3. The minimum Gasteiger partial charge on any atom is -0.367 e. The van der Waals surface area contributed by atoms with Gasteiger partial charge in [0.1, 0.15) is 11.4 Å². The standard InChI is InChI=1S/C18H34O7S/c1-3-5-7-9-11-13-15(26(21,22)23)17-16(24-17)14(18(19)25-20)12-10-8-6-4-2/h14-17,20H,3-13H2,1-2H3,(H,21,22,23). The highest BCUT2D eigenvalue weighted by molar-refractivity contribution is 7.86. The van der Waals surface area contributed by atoms with Crippen LogP contribution in [0.1, 0.15) is 84.5 Å². The van der Waals surface area contributed by atoms with Gasteiger partial charge in [0.2, 0.25) is 0 Å². The van der Waals surface area contributed by atoms with Crippen molar-refractivity contribution in [1.82, 2.24) is 0 Å². The summed E-state index contributed by atoms with van der Waals surface area (Å²) < 4.78 is 38.5. The molecule has 0 aromatic rings. The van der Waals surface area contributed by atoms with Gasteiger partial charge in [-0.2, -0.15) is 13.7 Å². The van der Waals surface area contributed by atoms with Crippen LogP contribution in [0.3, 0.4) is 0 Å². The Morgan fingerprint density at radius 1 is 0.962 bits per heavy atom. The van der Waals surface area contributed by atoms with E-state index in [1.54, 1.807) is 0 Å². The van der Waals surface area contributed by atoms with Crippen LogP contribution in [0.15, 0.2) is 0 Å². The number of carbonyl (C=O) groups excluding carboxylic acids is 1. The first-order valence-electron chi connectivity index (χ1n) is 9.83. The molecule has 1 saturated heterocycles. The number of unbranched alkanes of at least 4 members (excludes halogenated alkanes) is 7. The van der Waals surface area contributed by atoms with E-state index in [0.717, 1.165) is 51.4 Å². The van der Waals surface area contributed by atoms with Crippen LogP contribution in [0.4, 0.5) is 0 Å². The predicted octanol–water partition coefficient (Wildman–Crippen LogP) is 3.97. The zero-order chi connectivity index (χ0) is 19.6. The first-order chi connectivity index (χ1) is 12.4. The fourth-order valence-electron chi connectivity index (χ4n) is 3.47. The smallest absolute Gasteiger partial charge is 0.347 e. The minimum atomic E-state index is -4.26. The van der Waals surface area contributed by atoms with Crippen molar-refractivity contribution >= 4 is 16.1 Å². The van der Waals surface area contributed by atoms with Crippen molar-refractivity contribution in [3.8, 4) is 0 Å². The van der Waals surface area contributed by atoms with Crippen molar-refractivity contribution < 1.29 is 32.6 Å². The maximum atomic E-state index is 11.8. The molecule has 1 heterocycles. The monoisotopic (exact) mass is 394 g/mol. The van der Waals surface area contributed by atoms with Crippen molar-refractivity contribution in [1.29, 1.82) is 0 Å². The van der Waals surface area contributed by atoms with E-state index in [0.29, 0.717) is 19.3 Å². The average Bonchev–Trinajstić information content (AvgIpc) is 3.36. The van der Waals surface area contributed by atoms with Gasteiger partial charge < -0.3 is 9.62 Å². The van der Waals surface area contributed by atoms with Crippen molar-refractivity contribution in [2.45, 2.75) is 102 Å².